The SMILES string of the molecule is COC(=O)n1nnnc1CO. The van der Waals surface area contributed by atoms with E-state index in [0.29, 0.717) is 0 Å². The Morgan fingerprint density at radius 3 is 3.09 bits per heavy atom. The Morgan fingerprint density at radius 2 is 2.55 bits per heavy atom. The van der Waals surface area contributed by atoms with E-state index in [-0.39, 0.29) is 5.82 Å². The number of carbonyl (C=O) groups excluding carboxylic acids is 1. The summed E-state index contributed by atoms with van der Waals surface area (Å²) in [6, 6.07) is 0. The number of ether oxygens (including phenoxy) is 1. The van der Waals surface area contributed by atoms with Gasteiger partial charge in [0.05, 0.1) is 7.11 Å². The van der Waals surface area contributed by atoms with Crippen molar-refractivity contribution in [1.29, 1.82) is 0 Å². The maximum absolute atomic E-state index is 10.7. The van der Waals surface area contributed by atoms with Gasteiger partial charge in [-0.3, -0.25) is 0 Å². The highest BCUT2D eigenvalue weighted by Crippen LogP contribution is 1.91. The van der Waals surface area contributed by atoms with Gasteiger partial charge in [0, 0.05) is 0 Å². The van der Waals surface area contributed by atoms with Gasteiger partial charge in [-0.2, -0.15) is 0 Å². The molecule has 0 amide bonds. The van der Waals surface area contributed by atoms with Crippen LogP contribution in [0.15, 0.2) is 0 Å². The number of tetrazole rings is 1. The first kappa shape index (κ1) is 7.61. The fourth-order valence-corrected chi connectivity index (χ4v) is 0.533. The third-order valence-electron chi connectivity index (χ3n) is 1.02. The van der Waals surface area contributed by atoms with Crippen molar-refractivity contribution < 1.29 is 14.6 Å². The highest BCUT2D eigenvalue weighted by molar-refractivity contribution is 5.69. The van der Waals surface area contributed by atoms with E-state index in [2.05, 4.69) is 20.3 Å². The third-order valence-corrected chi connectivity index (χ3v) is 1.02. The second-order valence-electron chi connectivity index (χ2n) is 1.64. The van der Waals surface area contributed by atoms with Crippen LogP contribution in [0, 0.1) is 0 Å². The molecule has 0 saturated carbocycles. The van der Waals surface area contributed by atoms with Crippen molar-refractivity contribution in [2.75, 3.05) is 7.11 Å². The van der Waals surface area contributed by atoms with Crippen LogP contribution in [0.1, 0.15) is 5.82 Å². The molecule has 0 fully saturated rings. The molecule has 0 saturated heterocycles. The molecule has 1 aromatic heterocycles. The standard InChI is InChI=1S/C4H6N4O3/c1-11-4(10)8-3(2-9)5-6-7-8/h9H,2H2,1H3. The highest BCUT2D eigenvalue weighted by atomic mass is 16.5. The molecule has 0 atom stereocenters. The Bertz CT molecular complexity index is 258. The van der Waals surface area contributed by atoms with Crippen LogP contribution in [0.3, 0.4) is 0 Å². The van der Waals surface area contributed by atoms with E-state index in [1.54, 1.807) is 0 Å². The molecular formula is C4H6N4O3. The lowest BCUT2D eigenvalue weighted by Crippen LogP contribution is -2.16. The average molecular weight is 158 g/mol. The van der Waals surface area contributed by atoms with Crippen molar-refractivity contribution in [3.8, 4) is 0 Å². The van der Waals surface area contributed by atoms with Gasteiger partial charge in [0.25, 0.3) is 0 Å². The van der Waals surface area contributed by atoms with Crippen LogP contribution < -0.4 is 0 Å². The molecule has 0 aromatic carbocycles. The summed E-state index contributed by atoms with van der Waals surface area (Å²) in [5.41, 5.74) is 0. The predicted molar refractivity (Wildman–Crippen MR) is 31.5 cm³/mol. The molecule has 0 bridgehead atoms. The van der Waals surface area contributed by atoms with E-state index in [4.69, 9.17) is 5.11 Å². The second kappa shape index (κ2) is 3.06. The van der Waals surface area contributed by atoms with Gasteiger partial charge in [0.2, 0.25) is 0 Å². The zero-order valence-electron chi connectivity index (χ0n) is 5.76. The van der Waals surface area contributed by atoms with Gasteiger partial charge in [-0.25, -0.2) is 4.79 Å². The number of aromatic nitrogens is 4. The van der Waals surface area contributed by atoms with E-state index < -0.39 is 12.7 Å². The summed E-state index contributed by atoms with van der Waals surface area (Å²) in [5.74, 6) is 0.0526. The molecule has 0 aliphatic carbocycles. The molecule has 1 N–H and O–H groups in total. The molecule has 0 radical (unpaired) electrons. The zero-order valence-corrected chi connectivity index (χ0v) is 5.76. The number of aliphatic hydroxyl groups excluding tert-OH is 1. The topological polar surface area (TPSA) is 90.1 Å². The van der Waals surface area contributed by atoms with Crippen molar-refractivity contribution in [2.45, 2.75) is 6.61 Å². The lowest BCUT2D eigenvalue weighted by molar-refractivity contribution is 0.164. The quantitative estimate of drug-likeness (QED) is 0.515. The summed E-state index contributed by atoms with van der Waals surface area (Å²) in [6.45, 7) is -0.401. The molecule has 0 aliphatic heterocycles. The average Bonchev–Trinajstić information content (AvgIpc) is 2.50. The molecule has 1 aromatic rings. The first-order valence-corrected chi connectivity index (χ1v) is 2.76. The van der Waals surface area contributed by atoms with Crippen molar-refractivity contribution >= 4 is 6.09 Å². The van der Waals surface area contributed by atoms with E-state index >= 15 is 0 Å². The van der Waals surface area contributed by atoms with Crippen molar-refractivity contribution in [1.82, 2.24) is 20.2 Å². The summed E-state index contributed by atoms with van der Waals surface area (Å²) < 4.78 is 5.09. The minimum Gasteiger partial charge on any atom is -0.451 e. The van der Waals surface area contributed by atoms with Gasteiger partial charge in [-0.05, 0) is 10.4 Å². The van der Waals surface area contributed by atoms with Crippen LogP contribution in [0.2, 0.25) is 0 Å². The van der Waals surface area contributed by atoms with Gasteiger partial charge in [-0.15, -0.1) is 9.78 Å². The maximum Gasteiger partial charge on any atom is 0.437 e. The fourth-order valence-electron chi connectivity index (χ4n) is 0.533. The molecule has 60 valence electrons. The van der Waals surface area contributed by atoms with Crippen LogP contribution in [-0.2, 0) is 11.3 Å². The van der Waals surface area contributed by atoms with E-state index in [1.165, 1.54) is 7.11 Å². The lowest BCUT2D eigenvalue weighted by atomic mass is 10.7. The van der Waals surface area contributed by atoms with Crippen LogP contribution in [0.5, 0.6) is 0 Å². The predicted octanol–water partition coefficient (Wildman–Crippen LogP) is -1.22. The van der Waals surface area contributed by atoms with Gasteiger partial charge >= 0.3 is 6.09 Å². The van der Waals surface area contributed by atoms with Crippen molar-refractivity contribution in [2.24, 2.45) is 0 Å². The van der Waals surface area contributed by atoms with Crippen LogP contribution in [0.4, 0.5) is 4.79 Å². The Kier molecular flexibility index (Phi) is 2.12. The molecule has 0 aliphatic rings. The largest absolute Gasteiger partial charge is 0.451 e. The van der Waals surface area contributed by atoms with Crippen LogP contribution >= 0.6 is 0 Å². The monoisotopic (exact) mass is 158 g/mol. The summed E-state index contributed by atoms with van der Waals surface area (Å²) >= 11 is 0. The summed E-state index contributed by atoms with van der Waals surface area (Å²) in [4.78, 5) is 10.7. The number of rotatable bonds is 1. The smallest absolute Gasteiger partial charge is 0.437 e. The van der Waals surface area contributed by atoms with E-state index in [0.717, 1.165) is 4.68 Å². The number of nitrogens with zero attached hydrogens (tertiary/aromatic N) is 4. The molecule has 7 heteroatoms. The van der Waals surface area contributed by atoms with Crippen LogP contribution in [-0.4, -0.2) is 38.5 Å². The van der Waals surface area contributed by atoms with Crippen molar-refractivity contribution in [3.63, 3.8) is 0 Å². The fraction of sp³-hybridized carbons (Fsp3) is 0.500. The van der Waals surface area contributed by atoms with Gasteiger partial charge in [0.1, 0.15) is 6.61 Å². The Hall–Kier alpha value is -1.50. The van der Waals surface area contributed by atoms with E-state index in [1.807, 2.05) is 0 Å². The van der Waals surface area contributed by atoms with E-state index in [9.17, 15) is 4.79 Å². The molecule has 1 rings (SSSR count). The lowest BCUT2D eigenvalue weighted by Gasteiger charge is -1.96. The van der Waals surface area contributed by atoms with Gasteiger partial charge in [0.15, 0.2) is 5.82 Å². The van der Waals surface area contributed by atoms with Crippen LogP contribution in [0.25, 0.3) is 0 Å². The summed E-state index contributed by atoms with van der Waals surface area (Å²) in [7, 11) is 1.20. The number of hydrogen-bond donors (Lipinski definition) is 1. The number of carbonyl (C=O) groups is 1. The molecule has 11 heavy (non-hydrogen) atoms. The Morgan fingerprint density at radius 1 is 1.82 bits per heavy atom. The molecule has 0 spiro atoms. The van der Waals surface area contributed by atoms with Crippen molar-refractivity contribution in [3.05, 3.63) is 5.82 Å². The first-order chi connectivity index (χ1) is 5.29. The normalized spacial score (nSPS) is 9.64. The Balaban J connectivity index is 2.92. The van der Waals surface area contributed by atoms with Gasteiger partial charge in [-0.1, -0.05) is 0 Å². The second-order valence-corrected chi connectivity index (χ2v) is 1.64. The maximum atomic E-state index is 10.7. The number of hydrogen-bond acceptors (Lipinski definition) is 6. The molecule has 7 nitrogen and oxygen atoms in total. The number of methoxy groups -OCH3 is 1. The third kappa shape index (κ3) is 1.32. The summed E-state index contributed by atoms with van der Waals surface area (Å²) in [6.07, 6.45) is -0.723. The molecule has 0 unspecified atom stereocenters. The minimum atomic E-state index is -0.723. The molecule has 1 heterocycles. The molecular weight excluding hydrogens is 152 g/mol. The van der Waals surface area contributed by atoms with Gasteiger partial charge < -0.3 is 9.84 Å². The number of aliphatic hydroxyl groups is 1. The Labute approximate surface area is 61.6 Å². The first-order valence-electron chi connectivity index (χ1n) is 2.76. The minimum absolute atomic E-state index is 0.0526. The highest BCUT2D eigenvalue weighted by Gasteiger charge is 2.11. The summed E-state index contributed by atoms with van der Waals surface area (Å²) in [5, 5.41) is 18.4. The zero-order chi connectivity index (χ0) is 8.27.